The highest BCUT2D eigenvalue weighted by atomic mass is 16.5. The van der Waals surface area contributed by atoms with Crippen LogP contribution in [0.15, 0.2) is 18.2 Å². The van der Waals surface area contributed by atoms with Gasteiger partial charge in [-0.15, -0.1) is 0 Å². The molecule has 3 heteroatoms. The molecule has 0 spiro atoms. The number of benzene rings is 1. The minimum Gasteiger partial charge on any atom is -0.490 e. The van der Waals surface area contributed by atoms with Crippen LogP contribution >= 0.6 is 0 Å². The summed E-state index contributed by atoms with van der Waals surface area (Å²) in [5, 5.41) is 0. The van der Waals surface area contributed by atoms with E-state index in [-0.39, 0.29) is 12.1 Å². The van der Waals surface area contributed by atoms with Crippen LogP contribution in [-0.2, 0) is 4.74 Å². The number of methoxy groups -OCH3 is 1. The molecule has 1 aromatic carbocycles. The summed E-state index contributed by atoms with van der Waals surface area (Å²) in [5.74, 6) is 0.205. The molecular formula is C12H16O3. The van der Waals surface area contributed by atoms with Crippen LogP contribution in [0.1, 0.15) is 29.8 Å². The van der Waals surface area contributed by atoms with E-state index in [1.54, 1.807) is 12.1 Å². The summed E-state index contributed by atoms with van der Waals surface area (Å²) < 4.78 is 10.2. The van der Waals surface area contributed by atoms with Crippen molar-refractivity contribution in [2.45, 2.75) is 26.9 Å². The summed E-state index contributed by atoms with van der Waals surface area (Å²) >= 11 is 0. The number of hydrogen-bond acceptors (Lipinski definition) is 3. The van der Waals surface area contributed by atoms with Gasteiger partial charge in [-0.25, -0.2) is 4.79 Å². The van der Waals surface area contributed by atoms with Crippen LogP contribution in [-0.4, -0.2) is 19.2 Å². The van der Waals surface area contributed by atoms with E-state index in [1.165, 1.54) is 7.11 Å². The highest BCUT2D eigenvalue weighted by Gasteiger charge is 2.13. The van der Waals surface area contributed by atoms with Gasteiger partial charge in [-0.3, -0.25) is 0 Å². The second-order valence-electron chi connectivity index (χ2n) is 3.66. The average molecular weight is 208 g/mol. The molecule has 0 atom stereocenters. The zero-order chi connectivity index (χ0) is 11.4. The van der Waals surface area contributed by atoms with Crippen LogP contribution in [0.5, 0.6) is 5.75 Å². The van der Waals surface area contributed by atoms with Gasteiger partial charge in [0.25, 0.3) is 0 Å². The fraction of sp³-hybridized carbons (Fsp3) is 0.417. The van der Waals surface area contributed by atoms with Crippen molar-refractivity contribution in [1.82, 2.24) is 0 Å². The molecule has 0 aliphatic carbocycles. The van der Waals surface area contributed by atoms with Gasteiger partial charge in [0, 0.05) is 0 Å². The maximum atomic E-state index is 11.5. The number of carbonyl (C=O) groups is 1. The zero-order valence-corrected chi connectivity index (χ0v) is 9.53. The molecule has 0 heterocycles. The molecule has 0 bridgehead atoms. The van der Waals surface area contributed by atoms with Crippen molar-refractivity contribution in [3.63, 3.8) is 0 Å². The second-order valence-corrected chi connectivity index (χ2v) is 3.66. The lowest BCUT2D eigenvalue weighted by atomic mass is 10.1. The van der Waals surface area contributed by atoms with E-state index in [9.17, 15) is 4.79 Å². The molecule has 0 N–H and O–H groups in total. The highest BCUT2D eigenvalue weighted by molar-refractivity contribution is 5.92. The normalized spacial score (nSPS) is 10.2. The Kier molecular flexibility index (Phi) is 3.72. The van der Waals surface area contributed by atoms with Crippen molar-refractivity contribution in [1.29, 1.82) is 0 Å². The van der Waals surface area contributed by atoms with Gasteiger partial charge in [0.05, 0.1) is 13.2 Å². The van der Waals surface area contributed by atoms with Gasteiger partial charge in [0.15, 0.2) is 0 Å². The number of rotatable bonds is 3. The third-order valence-electron chi connectivity index (χ3n) is 1.90. The Balaban J connectivity index is 3.08. The molecule has 0 aromatic heterocycles. The molecule has 0 saturated carbocycles. The molecule has 1 rings (SSSR count). The first-order chi connectivity index (χ1) is 7.04. The standard InChI is InChI=1S/C12H16O3/c1-8(2)15-11-6-5-9(3)7-10(11)12(13)14-4/h5-8H,1-4H3. The molecule has 0 aliphatic heterocycles. The Morgan fingerprint density at radius 2 is 2.00 bits per heavy atom. The molecule has 0 amide bonds. The molecule has 0 fully saturated rings. The van der Waals surface area contributed by atoms with E-state index < -0.39 is 0 Å². The van der Waals surface area contributed by atoms with Crippen molar-refractivity contribution in [2.24, 2.45) is 0 Å². The minimum atomic E-state index is -0.366. The quantitative estimate of drug-likeness (QED) is 0.716. The highest BCUT2D eigenvalue weighted by Crippen LogP contribution is 2.21. The van der Waals surface area contributed by atoms with E-state index >= 15 is 0 Å². The third-order valence-corrected chi connectivity index (χ3v) is 1.90. The second kappa shape index (κ2) is 4.82. The van der Waals surface area contributed by atoms with Gasteiger partial charge < -0.3 is 9.47 Å². The van der Waals surface area contributed by atoms with E-state index in [0.29, 0.717) is 11.3 Å². The predicted octanol–water partition coefficient (Wildman–Crippen LogP) is 2.57. The summed E-state index contributed by atoms with van der Waals surface area (Å²) in [6.45, 7) is 5.76. The average Bonchev–Trinajstić information content (AvgIpc) is 2.19. The lowest BCUT2D eigenvalue weighted by molar-refractivity contribution is 0.0594. The molecule has 0 aliphatic rings. The van der Waals surface area contributed by atoms with Crippen LogP contribution in [0.4, 0.5) is 0 Å². The Hall–Kier alpha value is -1.51. The first-order valence-electron chi connectivity index (χ1n) is 4.90. The van der Waals surface area contributed by atoms with Crippen molar-refractivity contribution in [2.75, 3.05) is 7.11 Å². The summed E-state index contributed by atoms with van der Waals surface area (Å²) in [4.78, 5) is 11.5. The topological polar surface area (TPSA) is 35.5 Å². The number of hydrogen-bond donors (Lipinski definition) is 0. The molecule has 15 heavy (non-hydrogen) atoms. The monoisotopic (exact) mass is 208 g/mol. The molecule has 0 unspecified atom stereocenters. The summed E-state index contributed by atoms with van der Waals surface area (Å²) in [6, 6.07) is 5.47. The molecular weight excluding hydrogens is 192 g/mol. The van der Waals surface area contributed by atoms with Crippen molar-refractivity contribution >= 4 is 5.97 Å². The van der Waals surface area contributed by atoms with Gasteiger partial charge in [-0.1, -0.05) is 11.6 Å². The van der Waals surface area contributed by atoms with Gasteiger partial charge >= 0.3 is 5.97 Å². The van der Waals surface area contributed by atoms with Crippen LogP contribution in [0, 0.1) is 6.92 Å². The Morgan fingerprint density at radius 3 is 2.53 bits per heavy atom. The minimum absolute atomic E-state index is 0.0381. The first-order valence-corrected chi connectivity index (χ1v) is 4.90. The molecule has 0 radical (unpaired) electrons. The molecule has 1 aromatic rings. The van der Waals surface area contributed by atoms with Crippen LogP contribution < -0.4 is 4.74 Å². The first kappa shape index (κ1) is 11.6. The third kappa shape index (κ3) is 2.98. The lowest BCUT2D eigenvalue weighted by Crippen LogP contribution is -2.11. The van der Waals surface area contributed by atoms with Gasteiger partial charge in [-0.05, 0) is 32.9 Å². The van der Waals surface area contributed by atoms with Gasteiger partial charge in [0.1, 0.15) is 11.3 Å². The van der Waals surface area contributed by atoms with Crippen molar-refractivity contribution in [3.05, 3.63) is 29.3 Å². The number of aryl methyl sites for hydroxylation is 1. The molecule has 82 valence electrons. The lowest BCUT2D eigenvalue weighted by Gasteiger charge is -2.13. The Labute approximate surface area is 90.0 Å². The smallest absolute Gasteiger partial charge is 0.341 e. The van der Waals surface area contributed by atoms with Gasteiger partial charge in [-0.2, -0.15) is 0 Å². The number of carbonyl (C=O) groups excluding carboxylic acids is 1. The van der Waals surface area contributed by atoms with Crippen LogP contribution in [0.3, 0.4) is 0 Å². The Morgan fingerprint density at radius 1 is 1.33 bits per heavy atom. The van der Waals surface area contributed by atoms with Gasteiger partial charge in [0.2, 0.25) is 0 Å². The predicted molar refractivity (Wildman–Crippen MR) is 58.3 cm³/mol. The summed E-state index contributed by atoms with van der Waals surface area (Å²) in [5.41, 5.74) is 1.48. The number of ether oxygens (including phenoxy) is 2. The maximum absolute atomic E-state index is 11.5. The van der Waals surface area contributed by atoms with E-state index in [4.69, 9.17) is 9.47 Å². The zero-order valence-electron chi connectivity index (χ0n) is 9.53. The molecule has 0 saturated heterocycles. The van der Waals surface area contributed by atoms with Crippen LogP contribution in [0.25, 0.3) is 0 Å². The number of esters is 1. The SMILES string of the molecule is COC(=O)c1cc(C)ccc1OC(C)C. The largest absolute Gasteiger partial charge is 0.490 e. The fourth-order valence-corrected chi connectivity index (χ4v) is 1.27. The molecule has 3 nitrogen and oxygen atoms in total. The van der Waals surface area contributed by atoms with Crippen molar-refractivity contribution < 1.29 is 14.3 Å². The fourth-order valence-electron chi connectivity index (χ4n) is 1.27. The van der Waals surface area contributed by atoms with E-state index in [2.05, 4.69) is 0 Å². The van der Waals surface area contributed by atoms with E-state index in [0.717, 1.165) is 5.56 Å². The summed E-state index contributed by atoms with van der Waals surface area (Å²) in [7, 11) is 1.36. The summed E-state index contributed by atoms with van der Waals surface area (Å²) in [6.07, 6.45) is 0.0381. The van der Waals surface area contributed by atoms with E-state index in [1.807, 2.05) is 26.8 Å². The van der Waals surface area contributed by atoms with Crippen LogP contribution in [0.2, 0.25) is 0 Å². The maximum Gasteiger partial charge on any atom is 0.341 e. The van der Waals surface area contributed by atoms with Crippen molar-refractivity contribution in [3.8, 4) is 5.75 Å². The Bertz CT molecular complexity index is 356.